The monoisotopic (exact) mass is 619 g/mol. The summed E-state index contributed by atoms with van der Waals surface area (Å²) in [6, 6.07) is 8.75. The van der Waals surface area contributed by atoms with Gasteiger partial charge < -0.3 is 9.64 Å². The molecule has 2 aromatic rings. The number of benzene rings is 2. The van der Waals surface area contributed by atoms with Gasteiger partial charge in [0, 0.05) is 63.5 Å². The number of rotatable bonds is 5. The maximum atomic E-state index is 13.8. The van der Waals surface area contributed by atoms with Crippen LogP contribution in [0.3, 0.4) is 0 Å². The van der Waals surface area contributed by atoms with Gasteiger partial charge in [-0.15, -0.1) is 0 Å². The van der Waals surface area contributed by atoms with Gasteiger partial charge in [-0.1, -0.05) is 80.2 Å². The molecule has 0 fully saturated rings. The van der Waals surface area contributed by atoms with Crippen LogP contribution in [0.5, 0.6) is 5.75 Å². The highest BCUT2D eigenvalue weighted by Crippen LogP contribution is 2.55. The Bertz CT molecular complexity index is 1410. The van der Waals surface area contributed by atoms with Crippen molar-refractivity contribution in [2.45, 2.75) is 72.8 Å². The molecule has 0 N–H and O–H groups in total. The molecule has 0 unspecified atom stereocenters. The number of carbonyl (C=O) groups is 2. The van der Waals surface area contributed by atoms with Gasteiger partial charge in [0.15, 0.2) is 17.3 Å². The first-order valence-corrected chi connectivity index (χ1v) is 15.1. The average Bonchev–Trinajstić information content (AvgIpc) is 2.82. The lowest BCUT2D eigenvalue weighted by molar-refractivity contribution is -0.119. The molecular weight excluding hydrogens is 588 g/mol. The fourth-order valence-corrected chi connectivity index (χ4v) is 7.51. The van der Waals surface area contributed by atoms with E-state index in [0.717, 1.165) is 35.4 Å². The molecule has 0 saturated carbocycles. The first kappa shape index (κ1) is 29.5. The van der Waals surface area contributed by atoms with E-state index in [1.807, 2.05) is 0 Å². The largest absolute Gasteiger partial charge is 0.486 e. The predicted molar refractivity (Wildman–Crippen MR) is 162 cm³/mol. The summed E-state index contributed by atoms with van der Waals surface area (Å²) in [5, 5.41) is 1.63. The van der Waals surface area contributed by atoms with E-state index in [2.05, 4.69) is 39.5 Å². The SMILES string of the molecule is CCN1C2=C(C(=O)CC(C)(C)C2)C(c2cc(Cl)c(OCc3ccc(Cl)cc3Cl)c(Cl)c2)C2=C1CC(C)(C)CC2=O. The van der Waals surface area contributed by atoms with Crippen molar-refractivity contribution in [2.75, 3.05) is 6.54 Å². The molecule has 0 radical (unpaired) electrons. The minimum atomic E-state index is -0.519. The third kappa shape index (κ3) is 5.45. The summed E-state index contributed by atoms with van der Waals surface area (Å²) in [7, 11) is 0. The summed E-state index contributed by atoms with van der Waals surface area (Å²) in [6.07, 6.45) is 2.36. The summed E-state index contributed by atoms with van der Waals surface area (Å²) in [5.41, 5.74) is 4.55. The summed E-state index contributed by atoms with van der Waals surface area (Å²) in [6.45, 7) is 11.4. The Morgan fingerprint density at radius 1 is 0.800 bits per heavy atom. The van der Waals surface area contributed by atoms with Crippen molar-refractivity contribution in [3.05, 3.63) is 84.1 Å². The van der Waals surface area contributed by atoms with Crippen LogP contribution in [0.4, 0.5) is 0 Å². The molecule has 1 heterocycles. The van der Waals surface area contributed by atoms with Crippen molar-refractivity contribution in [1.29, 1.82) is 0 Å². The molecule has 0 atom stereocenters. The minimum absolute atomic E-state index is 0.0730. The maximum absolute atomic E-state index is 13.8. The van der Waals surface area contributed by atoms with Gasteiger partial charge >= 0.3 is 0 Å². The van der Waals surface area contributed by atoms with Crippen molar-refractivity contribution in [2.24, 2.45) is 10.8 Å². The van der Waals surface area contributed by atoms with Crippen molar-refractivity contribution in [1.82, 2.24) is 4.90 Å². The summed E-state index contributed by atoms with van der Waals surface area (Å²) >= 11 is 25.9. The Morgan fingerprint density at radius 3 is 1.80 bits per heavy atom. The molecule has 0 aromatic heterocycles. The summed E-state index contributed by atoms with van der Waals surface area (Å²) in [5.74, 6) is -0.0536. The number of carbonyl (C=O) groups excluding carboxylic acids is 2. The summed E-state index contributed by atoms with van der Waals surface area (Å²) < 4.78 is 6.00. The summed E-state index contributed by atoms with van der Waals surface area (Å²) in [4.78, 5) is 29.9. The number of ether oxygens (including phenoxy) is 1. The van der Waals surface area contributed by atoms with Crippen LogP contribution in [0.2, 0.25) is 20.1 Å². The Hall–Kier alpha value is -1.98. The van der Waals surface area contributed by atoms with Gasteiger partial charge in [-0.05, 0) is 60.4 Å². The second kappa shape index (κ2) is 10.7. The van der Waals surface area contributed by atoms with E-state index in [9.17, 15) is 9.59 Å². The Morgan fingerprint density at radius 2 is 1.32 bits per heavy atom. The van der Waals surface area contributed by atoms with E-state index in [1.54, 1.807) is 30.3 Å². The fourth-order valence-electron chi connectivity index (χ4n) is 6.44. The highest BCUT2D eigenvalue weighted by atomic mass is 35.5. The lowest BCUT2D eigenvalue weighted by atomic mass is 9.63. The van der Waals surface area contributed by atoms with Gasteiger partial charge in [0.05, 0.1) is 10.0 Å². The molecule has 1 aliphatic heterocycles. The molecule has 5 rings (SSSR count). The van der Waals surface area contributed by atoms with E-state index in [4.69, 9.17) is 51.1 Å². The van der Waals surface area contributed by atoms with Crippen molar-refractivity contribution >= 4 is 58.0 Å². The lowest BCUT2D eigenvalue weighted by Crippen LogP contribution is -2.44. The Kier molecular flexibility index (Phi) is 7.89. The average molecular weight is 621 g/mol. The molecule has 4 nitrogen and oxygen atoms in total. The van der Waals surface area contributed by atoms with Gasteiger partial charge in [0.2, 0.25) is 0 Å². The highest BCUT2D eigenvalue weighted by Gasteiger charge is 2.48. The molecule has 0 amide bonds. The molecule has 0 bridgehead atoms. The third-order valence-corrected chi connectivity index (χ3v) is 9.23. The first-order chi connectivity index (χ1) is 18.7. The van der Waals surface area contributed by atoms with Crippen LogP contribution in [0.15, 0.2) is 52.9 Å². The number of nitrogens with zero attached hydrogens (tertiary/aromatic N) is 1. The molecule has 3 aliphatic rings. The number of ketones is 2. The van der Waals surface area contributed by atoms with Gasteiger partial charge in [-0.2, -0.15) is 0 Å². The predicted octanol–water partition coefficient (Wildman–Crippen LogP) is 9.58. The number of allylic oxidation sites excluding steroid dienone is 4. The number of halogens is 4. The highest BCUT2D eigenvalue weighted by molar-refractivity contribution is 6.37. The van der Waals surface area contributed by atoms with Crippen LogP contribution in [0, 0.1) is 10.8 Å². The molecular formula is C32H33Cl4NO3. The molecule has 212 valence electrons. The lowest BCUT2D eigenvalue weighted by Gasteiger charge is -2.49. The quantitative estimate of drug-likeness (QED) is 0.334. The first-order valence-electron chi connectivity index (χ1n) is 13.6. The van der Waals surface area contributed by atoms with Crippen LogP contribution < -0.4 is 4.74 Å². The number of Topliss-reactive ketones (excluding diaryl/α,β-unsaturated/α-hetero) is 2. The fraction of sp³-hybridized carbons (Fsp3) is 0.438. The van der Waals surface area contributed by atoms with Crippen LogP contribution in [0.1, 0.15) is 77.3 Å². The zero-order valence-electron chi connectivity index (χ0n) is 23.4. The zero-order valence-corrected chi connectivity index (χ0v) is 26.4. The second-order valence-electron chi connectivity index (χ2n) is 12.6. The van der Waals surface area contributed by atoms with E-state index in [0.29, 0.717) is 56.4 Å². The Balaban J connectivity index is 1.61. The van der Waals surface area contributed by atoms with E-state index < -0.39 is 5.92 Å². The second-order valence-corrected chi connectivity index (χ2v) is 14.3. The van der Waals surface area contributed by atoms with Crippen molar-refractivity contribution < 1.29 is 14.3 Å². The van der Waals surface area contributed by atoms with Crippen molar-refractivity contribution in [3.8, 4) is 5.75 Å². The van der Waals surface area contributed by atoms with Crippen LogP contribution in [-0.2, 0) is 16.2 Å². The minimum Gasteiger partial charge on any atom is -0.486 e. The van der Waals surface area contributed by atoms with E-state index in [1.165, 1.54) is 0 Å². The molecule has 40 heavy (non-hydrogen) atoms. The van der Waals surface area contributed by atoms with Crippen molar-refractivity contribution in [3.63, 3.8) is 0 Å². The normalized spacial score (nSPS) is 20.6. The third-order valence-electron chi connectivity index (χ3n) is 8.08. The topological polar surface area (TPSA) is 46.6 Å². The molecule has 2 aliphatic carbocycles. The van der Waals surface area contributed by atoms with Gasteiger partial charge in [-0.25, -0.2) is 0 Å². The smallest absolute Gasteiger partial charge is 0.162 e. The van der Waals surface area contributed by atoms with E-state index >= 15 is 0 Å². The molecule has 0 spiro atoms. The van der Waals surface area contributed by atoms with Gasteiger partial charge in [0.1, 0.15) is 6.61 Å². The number of hydrogen-bond donors (Lipinski definition) is 0. The molecule has 0 saturated heterocycles. The number of hydrogen-bond acceptors (Lipinski definition) is 4. The standard InChI is InChI=1S/C32H33Cl4NO3/c1-6-37-23-12-31(2,3)14-25(38)28(23)27(29-24(37)13-32(4,5)15-26(29)39)18-9-21(35)30(22(36)10-18)40-16-17-7-8-19(33)11-20(17)34/h7-11,27H,6,12-16H2,1-5H3. The van der Waals surface area contributed by atoms with E-state index in [-0.39, 0.29) is 29.0 Å². The molecule has 8 heteroatoms. The molecule has 2 aromatic carbocycles. The zero-order chi connectivity index (χ0) is 29.1. The van der Waals surface area contributed by atoms with Gasteiger partial charge in [-0.3, -0.25) is 9.59 Å². The van der Waals surface area contributed by atoms with Crippen LogP contribution in [0.25, 0.3) is 0 Å². The van der Waals surface area contributed by atoms with Crippen LogP contribution >= 0.6 is 46.4 Å². The maximum Gasteiger partial charge on any atom is 0.162 e. The Labute approximate surface area is 256 Å². The van der Waals surface area contributed by atoms with Gasteiger partial charge in [0.25, 0.3) is 0 Å². The van der Waals surface area contributed by atoms with Crippen LogP contribution in [-0.4, -0.2) is 23.0 Å².